The van der Waals surface area contributed by atoms with Crippen molar-refractivity contribution in [3.05, 3.63) is 58.3 Å². The number of hydrogen-bond donors (Lipinski definition) is 1. The number of halogens is 1. The van der Waals surface area contributed by atoms with E-state index in [0.29, 0.717) is 12.0 Å². The van der Waals surface area contributed by atoms with E-state index in [1.165, 1.54) is 23.2 Å². The summed E-state index contributed by atoms with van der Waals surface area (Å²) in [6.45, 7) is 0.857. The van der Waals surface area contributed by atoms with Gasteiger partial charge in [0.1, 0.15) is 0 Å². The third kappa shape index (κ3) is 2.36. The second kappa shape index (κ2) is 5.43. The van der Waals surface area contributed by atoms with E-state index in [1.807, 2.05) is 12.4 Å². The highest BCUT2D eigenvalue weighted by atomic mass is 79.9. The van der Waals surface area contributed by atoms with Crippen LogP contribution in [0.4, 0.5) is 5.69 Å². The highest BCUT2D eigenvalue weighted by Gasteiger charge is 2.39. The molecule has 2 aliphatic rings. The maximum Gasteiger partial charge on any atom is 0.0896 e. The van der Waals surface area contributed by atoms with Crippen molar-refractivity contribution in [2.24, 2.45) is 5.92 Å². The van der Waals surface area contributed by atoms with E-state index >= 15 is 0 Å². The lowest BCUT2D eigenvalue weighted by atomic mass is 9.78. The topological polar surface area (TPSA) is 34.1 Å². The largest absolute Gasteiger partial charge is 0.378 e. The molecule has 1 aromatic carbocycles. The third-order valence-electron chi connectivity index (χ3n) is 4.49. The van der Waals surface area contributed by atoms with Gasteiger partial charge in [0.2, 0.25) is 0 Å². The Morgan fingerprint density at radius 3 is 2.90 bits per heavy atom. The van der Waals surface area contributed by atoms with Gasteiger partial charge in [-0.2, -0.15) is 0 Å². The normalized spacial score (nSPS) is 27.4. The zero-order valence-corrected chi connectivity index (χ0v) is 13.2. The molecule has 1 fully saturated rings. The summed E-state index contributed by atoms with van der Waals surface area (Å²) in [5.74, 6) is 0.475. The van der Waals surface area contributed by atoms with Crippen molar-refractivity contribution in [3.63, 3.8) is 0 Å². The lowest BCUT2D eigenvalue weighted by molar-refractivity contribution is -0.0381. The number of nitrogens with zero attached hydrogens (tertiary/aromatic N) is 1. The zero-order chi connectivity index (χ0) is 14.2. The molecule has 1 N–H and O–H groups in total. The maximum absolute atomic E-state index is 6.14. The SMILES string of the molecule is Brc1ccc2c(c1)[C@H]1OCCC[C@H]1C(c1ccncc1)N2. The molecule has 1 unspecified atom stereocenters. The number of anilines is 1. The smallest absolute Gasteiger partial charge is 0.0896 e. The van der Waals surface area contributed by atoms with Crippen molar-refractivity contribution in [1.82, 2.24) is 4.98 Å². The number of benzene rings is 1. The Bertz CT molecular complexity index is 646. The molecule has 3 atom stereocenters. The first-order chi connectivity index (χ1) is 10.3. The second-order valence-electron chi connectivity index (χ2n) is 5.73. The molecule has 2 aliphatic heterocycles. The van der Waals surface area contributed by atoms with Gasteiger partial charge in [-0.3, -0.25) is 4.98 Å². The molecule has 0 radical (unpaired) electrons. The summed E-state index contributed by atoms with van der Waals surface area (Å²) in [7, 11) is 0. The fourth-order valence-corrected chi connectivity index (χ4v) is 3.92. The number of pyridine rings is 1. The van der Waals surface area contributed by atoms with Gasteiger partial charge < -0.3 is 10.1 Å². The minimum atomic E-state index is 0.186. The quantitative estimate of drug-likeness (QED) is 0.828. The zero-order valence-electron chi connectivity index (χ0n) is 11.6. The van der Waals surface area contributed by atoms with Crippen LogP contribution in [0.2, 0.25) is 0 Å². The van der Waals surface area contributed by atoms with Gasteiger partial charge >= 0.3 is 0 Å². The van der Waals surface area contributed by atoms with Crippen LogP contribution in [0.3, 0.4) is 0 Å². The number of nitrogens with one attached hydrogen (secondary N) is 1. The minimum absolute atomic E-state index is 0.186. The summed E-state index contributed by atoms with van der Waals surface area (Å²) in [5, 5.41) is 3.71. The van der Waals surface area contributed by atoms with Gasteiger partial charge in [0, 0.05) is 40.6 Å². The number of ether oxygens (including phenoxy) is 1. The van der Waals surface area contributed by atoms with Crippen molar-refractivity contribution in [1.29, 1.82) is 0 Å². The molecule has 4 rings (SSSR count). The van der Waals surface area contributed by atoms with Crippen molar-refractivity contribution >= 4 is 21.6 Å². The number of aromatic nitrogens is 1. The Kier molecular flexibility index (Phi) is 3.43. The van der Waals surface area contributed by atoms with Crippen LogP contribution in [-0.4, -0.2) is 11.6 Å². The average molecular weight is 345 g/mol. The third-order valence-corrected chi connectivity index (χ3v) is 4.99. The highest BCUT2D eigenvalue weighted by molar-refractivity contribution is 9.10. The minimum Gasteiger partial charge on any atom is -0.378 e. The molecule has 0 bridgehead atoms. The first-order valence-electron chi connectivity index (χ1n) is 7.40. The van der Waals surface area contributed by atoms with Gasteiger partial charge in [0.15, 0.2) is 0 Å². The monoisotopic (exact) mass is 344 g/mol. The van der Waals surface area contributed by atoms with Gasteiger partial charge in [-0.05, 0) is 48.7 Å². The Morgan fingerprint density at radius 1 is 1.19 bits per heavy atom. The summed E-state index contributed by atoms with van der Waals surface area (Å²) < 4.78 is 7.25. The Labute approximate surface area is 132 Å². The molecule has 0 aliphatic carbocycles. The van der Waals surface area contributed by atoms with E-state index in [2.05, 4.69) is 56.6 Å². The molecule has 4 heteroatoms. The van der Waals surface area contributed by atoms with Gasteiger partial charge in [-0.15, -0.1) is 0 Å². The van der Waals surface area contributed by atoms with E-state index < -0.39 is 0 Å². The van der Waals surface area contributed by atoms with Crippen LogP contribution in [0.25, 0.3) is 0 Å². The number of hydrogen-bond acceptors (Lipinski definition) is 3. The van der Waals surface area contributed by atoms with Crippen molar-refractivity contribution in [2.45, 2.75) is 25.0 Å². The predicted octanol–water partition coefficient (Wildman–Crippen LogP) is 4.48. The van der Waals surface area contributed by atoms with E-state index in [0.717, 1.165) is 17.5 Å². The van der Waals surface area contributed by atoms with Crippen LogP contribution in [0.5, 0.6) is 0 Å². The molecule has 1 saturated heterocycles. The first kappa shape index (κ1) is 13.3. The maximum atomic E-state index is 6.14. The Hall–Kier alpha value is -1.39. The predicted molar refractivity (Wildman–Crippen MR) is 86.2 cm³/mol. The Morgan fingerprint density at radius 2 is 2.05 bits per heavy atom. The number of rotatable bonds is 1. The molecule has 0 amide bonds. The van der Waals surface area contributed by atoms with Crippen LogP contribution >= 0.6 is 15.9 Å². The Balaban J connectivity index is 1.79. The lowest BCUT2D eigenvalue weighted by Crippen LogP contribution is -2.36. The van der Waals surface area contributed by atoms with Crippen LogP contribution < -0.4 is 5.32 Å². The standard InChI is InChI=1S/C17H17BrN2O/c18-12-3-4-15-14(10-12)17-13(2-1-9-21-17)16(20-15)11-5-7-19-8-6-11/h3-8,10,13,16-17,20H,1-2,9H2/t13-,16?,17-/m0/s1. The average Bonchev–Trinajstić information content (AvgIpc) is 2.55. The molecule has 21 heavy (non-hydrogen) atoms. The lowest BCUT2D eigenvalue weighted by Gasteiger charge is -2.43. The van der Waals surface area contributed by atoms with Gasteiger partial charge in [0.05, 0.1) is 12.1 Å². The van der Waals surface area contributed by atoms with Crippen LogP contribution in [-0.2, 0) is 4.74 Å². The molecular formula is C17H17BrN2O. The molecule has 3 nitrogen and oxygen atoms in total. The number of fused-ring (bicyclic) bond motifs is 3. The summed E-state index contributed by atoms with van der Waals surface area (Å²) in [4.78, 5) is 4.13. The van der Waals surface area contributed by atoms with Gasteiger partial charge in [0.25, 0.3) is 0 Å². The second-order valence-corrected chi connectivity index (χ2v) is 6.65. The van der Waals surface area contributed by atoms with Crippen LogP contribution in [0.15, 0.2) is 47.2 Å². The van der Waals surface area contributed by atoms with E-state index in [1.54, 1.807) is 0 Å². The summed E-state index contributed by atoms with van der Waals surface area (Å²) in [6.07, 6.45) is 6.25. The van der Waals surface area contributed by atoms with Crippen molar-refractivity contribution in [2.75, 3.05) is 11.9 Å². The fraction of sp³-hybridized carbons (Fsp3) is 0.353. The highest BCUT2D eigenvalue weighted by Crippen LogP contribution is 2.49. The van der Waals surface area contributed by atoms with Crippen LogP contribution in [0, 0.1) is 5.92 Å². The van der Waals surface area contributed by atoms with E-state index in [9.17, 15) is 0 Å². The van der Waals surface area contributed by atoms with E-state index in [-0.39, 0.29) is 6.10 Å². The molecule has 1 aromatic heterocycles. The molecule has 2 aromatic rings. The summed E-state index contributed by atoms with van der Waals surface area (Å²) in [5.41, 5.74) is 3.75. The van der Waals surface area contributed by atoms with Crippen LogP contribution in [0.1, 0.15) is 36.1 Å². The molecule has 3 heterocycles. The van der Waals surface area contributed by atoms with Crippen molar-refractivity contribution in [3.8, 4) is 0 Å². The molecule has 0 saturated carbocycles. The molecule has 108 valence electrons. The van der Waals surface area contributed by atoms with E-state index in [4.69, 9.17) is 4.74 Å². The summed E-state index contributed by atoms with van der Waals surface area (Å²) in [6, 6.07) is 10.9. The first-order valence-corrected chi connectivity index (χ1v) is 8.20. The molecular weight excluding hydrogens is 328 g/mol. The van der Waals surface area contributed by atoms with Crippen molar-refractivity contribution < 1.29 is 4.74 Å². The fourth-order valence-electron chi connectivity index (χ4n) is 3.54. The van der Waals surface area contributed by atoms with Gasteiger partial charge in [-0.1, -0.05) is 15.9 Å². The molecule has 0 spiro atoms. The van der Waals surface area contributed by atoms with Gasteiger partial charge in [-0.25, -0.2) is 0 Å². The summed E-state index contributed by atoms with van der Waals surface area (Å²) >= 11 is 3.58.